The van der Waals surface area contributed by atoms with Crippen LogP contribution < -0.4 is 5.73 Å². The van der Waals surface area contributed by atoms with Crippen LogP contribution in [0.3, 0.4) is 0 Å². The first kappa shape index (κ1) is 11.0. The molecule has 13 heavy (non-hydrogen) atoms. The van der Waals surface area contributed by atoms with Crippen molar-refractivity contribution in [2.75, 3.05) is 0 Å². The van der Waals surface area contributed by atoms with Crippen molar-refractivity contribution in [1.29, 1.82) is 0 Å². The van der Waals surface area contributed by atoms with E-state index in [-0.39, 0.29) is 0 Å². The third-order valence-corrected chi connectivity index (χ3v) is 3.43. The zero-order valence-electron chi connectivity index (χ0n) is 9.10. The zero-order chi connectivity index (χ0) is 9.52. The third kappa shape index (κ3) is 4.66. The maximum atomic E-state index is 6.12. The summed E-state index contributed by atoms with van der Waals surface area (Å²) in [6, 6.07) is 0.470. The van der Waals surface area contributed by atoms with Gasteiger partial charge in [-0.05, 0) is 18.8 Å². The predicted molar refractivity (Wildman–Crippen MR) is 58.7 cm³/mol. The van der Waals surface area contributed by atoms with Crippen LogP contribution in [0.1, 0.15) is 64.7 Å². The van der Waals surface area contributed by atoms with Crippen molar-refractivity contribution in [3.63, 3.8) is 0 Å². The number of hydrogen-bond donors (Lipinski definition) is 1. The molecule has 1 nitrogen and oxygen atoms in total. The van der Waals surface area contributed by atoms with Gasteiger partial charge >= 0.3 is 0 Å². The molecule has 0 aromatic carbocycles. The van der Waals surface area contributed by atoms with Crippen molar-refractivity contribution < 1.29 is 0 Å². The zero-order valence-corrected chi connectivity index (χ0v) is 9.10. The van der Waals surface area contributed by atoms with Crippen LogP contribution in [0.2, 0.25) is 0 Å². The summed E-state index contributed by atoms with van der Waals surface area (Å²) in [5.74, 6) is 0.748. The molecule has 2 unspecified atom stereocenters. The normalized spacial score (nSPS) is 33.7. The van der Waals surface area contributed by atoms with Crippen LogP contribution in [0.5, 0.6) is 0 Å². The number of rotatable bonds is 0. The van der Waals surface area contributed by atoms with E-state index in [1.165, 1.54) is 57.8 Å². The Morgan fingerprint density at radius 1 is 0.769 bits per heavy atom. The molecule has 1 heteroatoms. The number of hydrogen-bond acceptors (Lipinski definition) is 1. The predicted octanol–water partition coefficient (Wildman–Crippen LogP) is 3.47. The molecular formula is C12H25N. The molecule has 2 atom stereocenters. The fourth-order valence-corrected chi connectivity index (χ4v) is 2.23. The quantitative estimate of drug-likeness (QED) is 0.611. The standard InChI is InChI=1S/C12H25N/c1-11-9-7-5-3-2-4-6-8-10-12(11)13/h11-12H,2-10,13H2,1H3. The van der Waals surface area contributed by atoms with Gasteiger partial charge in [0, 0.05) is 6.04 Å². The van der Waals surface area contributed by atoms with Crippen LogP contribution in [0.25, 0.3) is 0 Å². The van der Waals surface area contributed by atoms with E-state index in [0.29, 0.717) is 6.04 Å². The fourth-order valence-electron chi connectivity index (χ4n) is 2.23. The monoisotopic (exact) mass is 183 g/mol. The lowest BCUT2D eigenvalue weighted by Gasteiger charge is -2.19. The Morgan fingerprint density at radius 2 is 1.23 bits per heavy atom. The minimum atomic E-state index is 0.470. The van der Waals surface area contributed by atoms with Gasteiger partial charge in [0.25, 0.3) is 0 Å². The van der Waals surface area contributed by atoms with Gasteiger partial charge in [0.1, 0.15) is 0 Å². The van der Waals surface area contributed by atoms with E-state index in [1.54, 1.807) is 0 Å². The molecule has 0 spiro atoms. The molecular weight excluding hydrogens is 158 g/mol. The second kappa shape index (κ2) is 6.42. The Kier molecular flexibility index (Phi) is 5.45. The minimum Gasteiger partial charge on any atom is -0.327 e. The SMILES string of the molecule is CC1CCCCCCCCCC1N. The highest BCUT2D eigenvalue weighted by atomic mass is 14.6. The second-order valence-corrected chi connectivity index (χ2v) is 4.69. The van der Waals surface area contributed by atoms with E-state index in [0.717, 1.165) is 5.92 Å². The summed E-state index contributed by atoms with van der Waals surface area (Å²) in [5.41, 5.74) is 6.12. The van der Waals surface area contributed by atoms with Gasteiger partial charge in [0.05, 0.1) is 0 Å². The largest absolute Gasteiger partial charge is 0.327 e. The smallest absolute Gasteiger partial charge is 0.00645 e. The van der Waals surface area contributed by atoms with Crippen LogP contribution in [0.15, 0.2) is 0 Å². The lowest BCUT2D eigenvalue weighted by Crippen LogP contribution is -2.27. The van der Waals surface area contributed by atoms with Gasteiger partial charge in [0.2, 0.25) is 0 Å². The van der Waals surface area contributed by atoms with Crippen molar-refractivity contribution in [2.45, 2.75) is 70.8 Å². The molecule has 0 bridgehead atoms. The molecule has 1 saturated carbocycles. The Balaban J connectivity index is 2.26. The molecule has 1 aliphatic rings. The van der Waals surface area contributed by atoms with E-state index in [1.807, 2.05) is 0 Å². The van der Waals surface area contributed by atoms with Crippen LogP contribution in [-0.4, -0.2) is 6.04 Å². The van der Waals surface area contributed by atoms with Crippen LogP contribution in [0.4, 0.5) is 0 Å². The minimum absolute atomic E-state index is 0.470. The van der Waals surface area contributed by atoms with Crippen LogP contribution in [0, 0.1) is 5.92 Å². The van der Waals surface area contributed by atoms with E-state index < -0.39 is 0 Å². The molecule has 1 rings (SSSR count). The van der Waals surface area contributed by atoms with E-state index in [4.69, 9.17) is 5.73 Å². The average molecular weight is 183 g/mol. The van der Waals surface area contributed by atoms with E-state index >= 15 is 0 Å². The average Bonchev–Trinajstić information content (AvgIpc) is 2.16. The van der Waals surface area contributed by atoms with Crippen LogP contribution >= 0.6 is 0 Å². The Labute approximate surface area is 83.1 Å². The first-order valence-electron chi connectivity index (χ1n) is 6.06. The molecule has 0 aromatic rings. The fraction of sp³-hybridized carbons (Fsp3) is 1.00. The summed E-state index contributed by atoms with van der Waals surface area (Å²) in [6.45, 7) is 2.32. The third-order valence-electron chi connectivity index (χ3n) is 3.43. The maximum Gasteiger partial charge on any atom is 0.00645 e. The van der Waals surface area contributed by atoms with Crippen molar-refractivity contribution in [2.24, 2.45) is 11.7 Å². The van der Waals surface area contributed by atoms with Crippen molar-refractivity contribution in [3.05, 3.63) is 0 Å². The first-order chi connectivity index (χ1) is 6.30. The molecule has 1 fully saturated rings. The van der Waals surface area contributed by atoms with Gasteiger partial charge in [-0.1, -0.05) is 51.9 Å². The van der Waals surface area contributed by atoms with Gasteiger partial charge in [-0.3, -0.25) is 0 Å². The van der Waals surface area contributed by atoms with Crippen molar-refractivity contribution in [3.8, 4) is 0 Å². The summed E-state index contributed by atoms with van der Waals surface area (Å²) >= 11 is 0. The summed E-state index contributed by atoms with van der Waals surface area (Å²) in [7, 11) is 0. The summed E-state index contributed by atoms with van der Waals surface area (Å²) in [6.07, 6.45) is 12.5. The lowest BCUT2D eigenvalue weighted by molar-refractivity contribution is 0.386. The topological polar surface area (TPSA) is 26.0 Å². The summed E-state index contributed by atoms with van der Waals surface area (Å²) in [5, 5.41) is 0. The highest BCUT2D eigenvalue weighted by Gasteiger charge is 2.12. The molecule has 1 aliphatic carbocycles. The Hall–Kier alpha value is -0.0400. The molecule has 0 radical (unpaired) electrons. The summed E-state index contributed by atoms with van der Waals surface area (Å²) < 4.78 is 0. The second-order valence-electron chi connectivity index (χ2n) is 4.69. The molecule has 0 heterocycles. The molecule has 0 saturated heterocycles. The molecule has 78 valence electrons. The van der Waals surface area contributed by atoms with Gasteiger partial charge in [-0.25, -0.2) is 0 Å². The highest BCUT2D eigenvalue weighted by Crippen LogP contribution is 2.19. The Bertz CT molecular complexity index is 108. The van der Waals surface area contributed by atoms with E-state index in [2.05, 4.69) is 6.92 Å². The molecule has 2 N–H and O–H groups in total. The van der Waals surface area contributed by atoms with Crippen molar-refractivity contribution in [1.82, 2.24) is 0 Å². The van der Waals surface area contributed by atoms with E-state index in [9.17, 15) is 0 Å². The van der Waals surface area contributed by atoms with Crippen molar-refractivity contribution >= 4 is 0 Å². The van der Waals surface area contributed by atoms with Gasteiger partial charge in [-0.15, -0.1) is 0 Å². The van der Waals surface area contributed by atoms with Gasteiger partial charge in [0.15, 0.2) is 0 Å². The molecule has 0 aliphatic heterocycles. The van der Waals surface area contributed by atoms with Gasteiger partial charge < -0.3 is 5.73 Å². The van der Waals surface area contributed by atoms with Gasteiger partial charge in [-0.2, -0.15) is 0 Å². The maximum absolute atomic E-state index is 6.12. The first-order valence-corrected chi connectivity index (χ1v) is 6.06. The summed E-state index contributed by atoms with van der Waals surface area (Å²) in [4.78, 5) is 0. The highest BCUT2D eigenvalue weighted by molar-refractivity contribution is 4.70. The van der Waals surface area contributed by atoms with Crippen LogP contribution in [-0.2, 0) is 0 Å². The lowest BCUT2D eigenvalue weighted by atomic mass is 9.93. The molecule has 0 aromatic heterocycles. The Morgan fingerprint density at radius 3 is 1.85 bits per heavy atom. The molecule has 0 amide bonds. The number of nitrogens with two attached hydrogens (primary N) is 1.